The molecule has 0 amide bonds. The van der Waals surface area contributed by atoms with E-state index >= 15 is 0 Å². The highest BCUT2D eigenvalue weighted by molar-refractivity contribution is 9.10. The molecule has 5 heteroatoms. The predicted molar refractivity (Wildman–Crippen MR) is 80.6 cm³/mol. The van der Waals surface area contributed by atoms with Crippen LogP contribution in [0.5, 0.6) is 0 Å². The molecule has 0 aliphatic rings. The molecular formula is C14H14BrFN2S. The predicted octanol–water partition coefficient (Wildman–Crippen LogP) is 4.16. The molecule has 0 aliphatic heterocycles. The number of thioether (sulfide) groups is 1. The van der Waals surface area contributed by atoms with E-state index < -0.39 is 0 Å². The van der Waals surface area contributed by atoms with Gasteiger partial charge in [-0.15, -0.1) is 0 Å². The molecule has 2 rings (SSSR count). The third-order valence-electron chi connectivity index (χ3n) is 2.65. The number of nitrogens with zero attached hydrogens (tertiary/aromatic N) is 1. The fraction of sp³-hybridized carbons (Fsp3) is 0.214. The molecule has 0 saturated carbocycles. The maximum absolute atomic E-state index is 13.9. The molecule has 0 bridgehead atoms. The van der Waals surface area contributed by atoms with Gasteiger partial charge in [0, 0.05) is 22.3 Å². The van der Waals surface area contributed by atoms with Gasteiger partial charge < -0.3 is 5.73 Å². The van der Waals surface area contributed by atoms with Crippen LogP contribution in [-0.2, 0) is 0 Å². The molecule has 19 heavy (non-hydrogen) atoms. The molecule has 0 aliphatic carbocycles. The Kier molecular flexibility index (Phi) is 4.96. The second-order valence-electron chi connectivity index (χ2n) is 4.21. The van der Waals surface area contributed by atoms with E-state index in [0.29, 0.717) is 5.56 Å². The van der Waals surface area contributed by atoms with Crippen LogP contribution in [0.3, 0.4) is 0 Å². The van der Waals surface area contributed by atoms with Gasteiger partial charge in [0.2, 0.25) is 0 Å². The standard InChI is InChI=1S/C14H14BrFN2S/c1-9(17)13(10-5-2-3-7-12(10)16)19-14-11(15)6-4-8-18-14/h2-9,13H,17H2,1H3. The second-order valence-corrected chi connectivity index (χ2v) is 6.19. The van der Waals surface area contributed by atoms with Crippen molar-refractivity contribution in [1.29, 1.82) is 0 Å². The minimum absolute atomic E-state index is 0.174. The summed E-state index contributed by atoms with van der Waals surface area (Å²) in [6.07, 6.45) is 1.71. The quantitative estimate of drug-likeness (QED) is 0.849. The fourth-order valence-electron chi connectivity index (χ4n) is 1.74. The van der Waals surface area contributed by atoms with Crippen LogP contribution in [0, 0.1) is 5.82 Å². The molecule has 0 radical (unpaired) electrons. The third kappa shape index (κ3) is 3.55. The van der Waals surface area contributed by atoms with Gasteiger partial charge in [-0.1, -0.05) is 30.0 Å². The minimum Gasteiger partial charge on any atom is -0.327 e. The smallest absolute Gasteiger partial charge is 0.127 e. The van der Waals surface area contributed by atoms with E-state index in [2.05, 4.69) is 20.9 Å². The lowest BCUT2D eigenvalue weighted by Crippen LogP contribution is -2.23. The van der Waals surface area contributed by atoms with Gasteiger partial charge in [-0.2, -0.15) is 0 Å². The third-order valence-corrected chi connectivity index (χ3v) is 5.04. The minimum atomic E-state index is -0.232. The Hall–Kier alpha value is -0.910. The van der Waals surface area contributed by atoms with Crippen LogP contribution in [0.2, 0.25) is 0 Å². The van der Waals surface area contributed by atoms with E-state index in [1.807, 2.05) is 25.1 Å². The van der Waals surface area contributed by atoms with E-state index in [0.717, 1.165) is 9.50 Å². The summed E-state index contributed by atoms with van der Waals surface area (Å²) >= 11 is 4.91. The zero-order valence-corrected chi connectivity index (χ0v) is 12.8. The molecule has 2 aromatic rings. The van der Waals surface area contributed by atoms with Gasteiger partial charge in [-0.3, -0.25) is 0 Å². The van der Waals surface area contributed by atoms with Crippen molar-refractivity contribution in [3.05, 3.63) is 58.4 Å². The molecule has 0 spiro atoms. The highest BCUT2D eigenvalue weighted by atomic mass is 79.9. The highest BCUT2D eigenvalue weighted by Crippen LogP contribution is 2.39. The lowest BCUT2D eigenvalue weighted by Gasteiger charge is -2.21. The number of benzene rings is 1. The Morgan fingerprint density at radius 2 is 2.00 bits per heavy atom. The maximum Gasteiger partial charge on any atom is 0.127 e. The van der Waals surface area contributed by atoms with Crippen LogP contribution in [-0.4, -0.2) is 11.0 Å². The Morgan fingerprint density at radius 1 is 1.26 bits per heavy atom. The first-order valence-electron chi connectivity index (χ1n) is 5.86. The first kappa shape index (κ1) is 14.5. The summed E-state index contributed by atoms with van der Waals surface area (Å²) in [5.74, 6) is -0.232. The van der Waals surface area contributed by atoms with Crippen molar-refractivity contribution >= 4 is 27.7 Å². The van der Waals surface area contributed by atoms with Crippen molar-refractivity contribution in [2.24, 2.45) is 5.73 Å². The summed E-state index contributed by atoms with van der Waals surface area (Å²) in [7, 11) is 0. The topological polar surface area (TPSA) is 38.9 Å². The number of aromatic nitrogens is 1. The Balaban J connectivity index is 2.33. The van der Waals surface area contributed by atoms with Crippen LogP contribution in [0.4, 0.5) is 4.39 Å². The SMILES string of the molecule is CC(N)C(Sc1ncccc1Br)c1ccccc1F. The molecule has 2 atom stereocenters. The van der Waals surface area contributed by atoms with Crippen molar-refractivity contribution in [3.63, 3.8) is 0 Å². The summed E-state index contributed by atoms with van der Waals surface area (Å²) in [6, 6.07) is 10.3. The van der Waals surface area contributed by atoms with Crippen molar-refractivity contribution in [3.8, 4) is 0 Å². The van der Waals surface area contributed by atoms with Gasteiger partial charge in [-0.25, -0.2) is 9.37 Å². The fourth-order valence-corrected chi connectivity index (χ4v) is 3.35. The molecule has 100 valence electrons. The number of halogens is 2. The van der Waals surface area contributed by atoms with Crippen molar-refractivity contribution in [2.45, 2.75) is 23.2 Å². The zero-order chi connectivity index (χ0) is 13.8. The number of hydrogen-bond acceptors (Lipinski definition) is 3. The van der Waals surface area contributed by atoms with Crippen LogP contribution < -0.4 is 5.73 Å². The monoisotopic (exact) mass is 340 g/mol. The molecule has 1 aromatic carbocycles. The molecule has 2 N–H and O–H groups in total. The summed E-state index contributed by atoms with van der Waals surface area (Å²) in [6.45, 7) is 1.88. The van der Waals surface area contributed by atoms with E-state index in [4.69, 9.17) is 5.73 Å². The maximum atomic E-state index is 13.9. The molecule has 0 fully saturated rings. The highest BCUT2D eigenvalue weighted by Gasteiger charge is 2.22. The molecular weight excluding hydrogens is 327 g/mol. The summed E-state index contributed by atoms with van der Waals surface area (Å²) in [4.78, 5) is 4.29. The lowest BCUT2D eigenvalue weighted by atomic mass is 10.1. The molecule has 1 aromatic heterocycles. The van der Waals surface area contributed by atoms with E-state index in [9.17, 15) is 4.39 Å². The van der Waals surface area contributed by atoms with Crippen molar-refractivity contribution < 1.29 is 4.39 Å². The molecule has 2 nitrogen and oxygen atoms in total. The Morgan fingerprint density at radius 3 is 2.63 bits per heavy atom. The number of pyridine rings is 1. The Labute approximate surface area is 124 Å². The van der Waals surface area contributed by atoms with Crippen molar-refractivity contribution in [2.75, 3.05) is 0 Å². The summed E-state index contributed by atoms with van der Waals surface area (Å²) < 4.78 is 14.8. The van der Waals surface area contributed by atoms with Crippen molar-refractivity contribution in [1.82, 2.24) is 4.98 Å². The van der Waals surface area contributed by atoms with Crippen LogP contribution in [0.15, 0.2) is 52.1 Å². The van der Waals surface area contributed by atoms with Gasteiger partial charge >= 0.3 is 0 Å². The number of nitrogens with two attached hydrogens (primary N) is 1. The molecule has 0 saturated heterocycles. The van der Waals surface area contributed by atoms with Crippen LogP contribution in [0.25, 0.3) is 0 Å². The first-order chi connectivity index (χ1) is 9.09. The normalized spacial score (nSPS) is 14.1. The number of rotatable bonds is 4. The summed E-state index contributed by atoms with van der Waals surface area (Å²) in [5, 5.41) is 0.639. The molecule has 1 heterocycles. The van der Waals surface area contributed by atoms with Crippen LogP contribution >= 0.6 is 27.7 Å². The Bertz CT molecular complexity index is 563. The average molecular weight is 341 g/mol. The first-order valence-corrected chi connectivity index (χ1v) is 7.54. The van der Waals surface area contributed by atoms with Gasteiger partial charge in [-0.05, 0) is 41.1 Å². The molecule has 2 unspecified atom stereocenters. The van der Waals surface area contributed by atoms with Gasteiger partial charge in [0.05, 0.1) is 5.25 Å². The van der Waals surface area contributed by atoms with Crippen LogP contribution in [0.1, 0.15) is 17.7 Å². The second kappa shape index (κ2) is 6.50. The average Bonchev–Trinajstić information content (AvgIpc) is 2.38. The number of hydrogen-bond donors (Lipinski definition) is 1. The largest absolute Gasteiger partial charge is 0.327 e. The van der Waals surface area contributed by atoms with Gasteiger partial charge in [0.25, 0.3) is 0 Å². The van der Waals surface area contributed by atoms with E-state index in [-0.39, 0.29) is 17.1 Å². The lowest BCUT2D eigenvalue weighted by molar-refractivity contribution is 0.592. The van der Waals surface area contributed by atoms with Gasteiger partial charge in [0.1, 0.15) is 10.8 Å². The van der Waals surface area contributed by atoms with E-state index in [1.165, 1.54) is 17.8 Å². The van der Waals surface area contributed by atoms with E-state index in [1.54, 1.807) is 18.3 Å². The van der Waals surface area contributed by atoms with Gasteiger partial charge in [0.15, 0.2) is 0 Å². The zero-order valence-electron chi connectivity index (χ0n) is 10.4. The summed E-state index contributed by atoms with van der Waals surface area (Å²) in [5.41, 5.74) is 6.62.